The molecule has 0 unspecified atom stereocenters. The fraction of sp³-hybridized carbons (Fsp3) is 0.273. The highest BCUT2D eigenvalue weighted by Crippen LogP contribution is 2.25. The van der Waals surface area contributed by atoms with Crippen molar-refractivity contribution in [2.75, 3.05) is 12.4 Å². The maximum atomic E-state index is 4.10. The summed E-state index contributed by atoms with van der Waals surface area (Å²) in [5.74, 6) is 0.877. The van der Waals surface area contributed by atoms with Gasteiger partial charge in [0, 0.05) is 11.9 Å². The standard InChI is InChI=1S/C11H13N3S2/c1-8-3-5-9(6-4-8)15-7-10-13-14-11(12-2)16-10/h3-6H,7H2,1-2H3,(H,12,14). The molecule has 2 rings (SSSR count). The molecule has 0 fully saturated rings. The largest absolute Gasteiger partial charge is 0.363 e. The van der Waals surface area contributed by atoms with Crippen molar-refractivity contribution < 1.29 is 0 Å². The Kier molecular flexibility index (Phi) is 3.79. The van der Waals surface area contributed by atoms with Gasteiger partial charge in [0.25, 0.3) is 0 Å². The second kappa shape index (κ2) is 5.32. The number of thioether (sulfide) groups is 1. The number of aryl methyl sites for hydroxylation is 1. The molecule has 1 heterocycles. The van der Waals surface area contributed by atoms with Crippen molar-refractivity contribution in [3.63, 3.8) is 0 Å². The van der Waals surface area contributed by atoms with E-state index in [1.807, 2.05) is 7.05 Å². The van der Waals surface area contributed by atoms with E-state index >= 15 is 0 Å². The predicted octanol–water partition coefficient (Wildman–Crippen LogP) is 3.18. The Bertz CT molecular complexity index is 451. The van der Waals surface area contributed by atoms with Crippen LogP contribution in [0.15, 0.2) is 29.2 Å². The van der Waals surface area contributed by atoms with Crippen LogP contribution in [0.25, 0.3) is 0 Å². The first-order chi connectivity index (χ1) is 7.78. The lowest BCUT2D eigenvalue weighted by atomic mass is 10.2. The maximum absolute atomic E-state index is 4.10. The van der Waals surface area contributed by atoms with E-state index in [4.69, 9.17) is 0 Å². The van der Waals surface area contributed by atoms with Crippen molar-refractivity contribution in [2.24, 2.45) is 0 Å². The highest BCUT2D eigenvalue weighted by atomic mass is 32.2. The lowest BCUT2D eigenvalue weighted by Crippen LogP contribution is -1.84. The van der Waals surface area contributed by atoms with E-state index in [-0.39, 0.29) is 0 Å². The number of hydrogen-bond acceptors (Lipinski definition) is 5. The van der Waals surface area contributed by atoms with E-state index in [2.05, 4.69) is 46.7 Å². The van der Waals surface area contributed by atoms with E-state index in [0.29, 0.717) is 0 Å². The van der Waals surface area contributed by atoms with Gasteiger partial charge in [-0.2, -0.15) is 0 Å². The Morgan fingerprint density at radius 1 is 1.25 bits per heavy atom. The van der Waals surface area contributed by atoms with Gasteiger partial charge in [-0.25, -0.2) is 0 Å². The van der Waals surface area contributed by atoms with Crippen LogP contribution < -0.4 is 5.32 Å². The first-order valence-electron chi connectivity index (χ1n) is 4.97. The van der Waals surface area contributed by atoms with Gasteiger partial charge in [-0.1, -0.05) is 29.0 Å². The van der Waals surface area contributed by atoms with Gasteiger partial charge in [0.15, 0.2) is 0 Å². The van der Waals surface area contributed by atoms with E-state index in [1.54, 1.807) is 23.1 Å². The number of hydrogen-bond donors (Lipinski definition) is 1. The van der Waals surface area contributed by atoms with Crippen molar-refractivity contribution in [3.8, 4) is 0 Å². The van der Waals surface area contributed by atoms with Crippen LogP contribution in [0.3, 0.4) is 0 Å². The van der Waals surface area contributed by atoms with Crippen LogP contribution in [0.5, 0.6) is 0 Å². The van der Waals surface area contributed by atoms with Crippen LogP contribution in [-0.2, 0) is 5.75 Å². The van der Waals surface area contributed by atoms with Crippen molar-refractivity contribution in [2.45, 2.75) is 17.6 Å². The van der Waals surface area contributed by atoms with E-state index in [9.17, 15) is 0 Å². The van der Waals surface area contributed by atoms with Gasteiger partial charge in [0.05, 0.1) is 5.75 Å². The zero-order valence-electron chi connectivity index (χ0n) is 9.23. The van der Waals surface area contributed by atoms with Crippen molar-refractivity contribution in [1.29, 1.82) is 0 Å². The summed E-state index contributed by atoms with van der Waals surface area (Å²) >= 11 is 3.39. The van der Waals surface area contributed by atoms with Crippen molar-refractivity contribution >= 4 is 28.2 Å². The molecule has 2 aromatic rings. The molecule has 0 aliphatic heterocycles. The summed E-state index contributed by atoms with van der Waals surface area (Å²) in [5.41, 5.74) is 1.29. The summed E-state index contributed by atoms with van der Waals surface area (Å²) in [6.45, 7) is 2.10. The fourth-order valence-electron chi connectivity index (χ4n) is 1.19. The lowest BCUT2D eigenvalue weighted by molar-refractivity contribution is 1.04. The highest BCUT2D eigenvalue weighted by molar-refractivity contribution is 7.98. The average molecular weight is 251 g/mol. The van der Waals surface area contributed by atoms with Crippen LogP contribution >= 0.6 is 23.1 Å². The molecule has 0 amide bonds. The number of benzene rings is 1. The van der Waals surface area contributed by atoms with Crippen LogP contribution in [-0.4, -0.2) is 17.2 Å². The minimum absolute atomic E-state index is 0.875. The molecule has 1 aromatic heterocycles. The zero-order chi connectivity index (χ0) is 11.4. The van der Waals surface area contributed by atoms with E-state index in [1.165, 1.54) is 10.5 Å². The van der Waals surface area contributed by atoms with Crippen LogP contribution in [0.1, 0.15) is 10.6 Å². The number of rotatable bonds is 4. The van der Waals surface area contributed by atoms with E-state index < -0.39 is 0 Å². The number of anilines is 1. The normalized spacial score (nSPS) is 10.4. The molecular weight excluding hydrogens is 238 g/mol. The third kappa shape index (κ3) is 2.96. The third-order valence-electron chi connectivity index (χ3n) is 2.06. The number of nitrogens with zero attached hydrogens (tertiary/aromatic N) is 2. The summed E-state index contributed by atoms with van der Waals surface area (Å²) in [7, 11) is 1.86. The molecule has 16 heavy (non-hydrogen) atoms. The summed E-state index contributed by atoms with van der Waals surface area (Å²) in [4.78, 5) is 1.27. The molecule has 0 saturated heterocycles. The molecule has 5 heteroatoms. The molecule has 0 bridgehead atoms. The summed E-state index contributed by atoms with van der Waals surface area (Å²) in [6, 6.07) is 8.53. The highest BCUT2D eigenvalue weighted by Gasteiger charge is 2.03. The van der Waals surface area contributed by atoms with Gasteiger partial charge in [-0.3, -0.25) is 0 Å². The Balaban J connectivity index is 1.94. The van der Waals surface area contributed by atoms with Crippen LogP contribution in [0, 0.1) is 6.92 Å². The predicted molar refractivity (Wildman–Crippen MR) is 70.2 cm³/mol. The van der Waals surface area contributed by atoms with Gasteiger partial charge >= 0.3 is 0 Å². The van der Waals surface area contributed by atoms with Crippen molar-refractivity contribution in [1.82, 2.24) is 10.2 Å². The van der Waals surface area contributed by atoms with Gasteiger partial charge in [0.2, 0.25) is 5.13 Å². The van der Waals surface area contributed by atoms with Crippen LogP contribution in [0.4, 0.5) is 5.13 Å². The zero-order valence-corrected chi connectivity index (χ0v) is 10.9. The minimum Gasteiger partial charge on any atom is -0.363 e. The number of nitrogens with one attached hydrogen (secondary N) is 1. The fourth-order valence-corrected chi connectivity index (χ4v) is 2.77. The smallest absolute Gasteiger partial charge is 0.205 e. The maximum Gasteiger partial charge on any atom is 0.205 e. The number of aromatic nitrogens is 2. The molecule has 0 saturated carbocycles. The van der Waals surface area contributed by atoms with Crippen molar-refractivity contribution in [3.05, 3.63) is 34.8 Å². The first-order valence-corrected chi connectivity index (χ1v) is 6.78. The molecule has 1 N–H and O–H groups in total. The minimum atomic E-state index is 0.875. The second-order valence-electron chi connectivity index (χ2n) is 3.35. The Morgan fingerprint density at radius 2 is 2.00 bits per heavy atom. The van der Waals surface area contributed by atoms with Gasteiger partial charge in [0.1, 0.15) is 5.01 Å². The average Bonchev–Trinajstić information content (AvgIpc) is 2.76. The molecule has 0 atom stereocenters. The topological polar surface area (TPSA) is 37.8 Å². The lowest BCUT2D eigenvalue weighted by Gasteiger charge is -1.98. The molecule has 0 radical (unpaired) electrons. The first kappa shape index (κ1) is 11.4. The third-order valence-corrected chi connectivity index (χ3v) is 4.21. The molecule has 0 aliphatic rings. The second-order valence-corrected chi connectivity index (χ2v) is 5.46. The molecule has 0 aliphatic carbocycles. The summed E-state index contributed by atoms with van der Waals surface area (Å²) < 4.78 is 0. The molecule has 84 valence electrons. The Labute approximate surface area is 103 Å². The SMILES string of the molecule is CNc1nnc(CSc2ccc(C)cc2)s1. The van der Waals surface area contributed by atoms with Gasteiger partial charge in [-0.15, -0.1) is 22.0 Å². The quantitative estimate of drug-likeness (QED) is 0.847. The monoisotopic (exact) mass is 251 g/mol. The summed E-state index contributed by atoms with van der Waals surface area (Å²) in [6.07, 6.45) is 0. The molecule has 0 spiro atoms. The van der Waals surface area contributed by atoms with Gasteiger partial charge < -0.3 is 5.32 Å². The van der Waals surface area contributed by atoms with Gasteiger partial charge in [-0.05, 0) is 19.1 Å². The van der Waals surface area contributed by atoms with Crippen LogP contribution in [0.2, 0.25) is 0 Å². The molecular formula is C11H13N3S2. The van der Waals surface area contributed by atoms with E-state index in [0.717, 1.165) is 15.9 Å². The summed E-state index contributed by atoms with van der Waals surface area (Å²) in [5, 5.41) is 13.0. The molecule has 1 aromatic carbocycles. The Morgan fingerprint density at radius 3 is 2.62 bits per heavy atom. The molecule has 3 nitrogen and oxygen atoms in total. The Hall–Kier alpha value is -1.07.